The molecule has 0 fully saturated rings. The molecule has 0 aliphatic rings. The number of ether oxygens (including phenoxy) is 2. The summed E-state index contributed by atoms with van der Waals surface area (Å²) in [4.78, 5) is 60.2. The van der Waals surface area contributed by atoms with Gasteiger partial charge in [0, 0.05) is 5.41 Å². The van der Waals surface area contributed by atoms with E-state index in [2.05, 4.69) is 10.6 Å². The quantitative estimate of drug-likeness (QED) is 0.477. The van der Waals surface area contributed by atoms with Crippen LogP contribution < -0.4 is 10.6 Å². The number of rotatable bonds is 8. The Morgan fingerprint density at radius 2 is 1.67 bits per heavy atom. The third-order valence-electron chi connectivity index (χ3n) is 3.90. The lowest BCUT2D eigenvalue weighted by molar-refractivity contribution is -0.150. The summed E-state index contributed by atoms with van der Waals surface area (Å²) in [5, 5.41) is 4.79. The van der Waals surface area contributed by atoms with Gasteiger partial charge in [-0.3, -0.25) is 19.7 Å². The largest absolute Gasteiger partial charge is 0.462 e. The summed E-state index contributed by atoms with van der Waals surface area (Å²) in [6, 6.07) is -0.963. The van der Waals surface area contributed by atoms with Crippen molar-refractivity contribution in [3.63, 3.8) is 0 Å². The van der Waals surface area contributed by atoms with E-state index in [9.17, 15) is 24.0 Å². The number of hydrogen-bond donors (Lipinski definition) is 2. The monoisotopic (exact) mass is 424 g/mol. The van der Waals surface area contributed by atoms with E-state index in [-0.39, 0.29) is 35.3 Å². The van der Waals surface area contributed by atoms with E-state index in [1.54, 1.807) is 27.7 Å². The maximum atomic E-state index is 12.2. The number of hydrogen-bond acceptors (Lipinski definition) is 8. The van der Waals surface area contributed by atoms with E-state index in [1.807, 2.05) is 0 Å². The van der Waals surface area contributed by atoms with Crippen molar-refractivity contribution in [2.75, 3.05) is 18.5 Å². The summed E-state index contributed by atoms with van der Waals surface area (Å²) in [5.74, 6) is -3.36. The Morgan fingerprint density at radius 1 is 1.07 bits per heavy atom. The Bertz CT molecular complexity index is 848. The maximum absolute atomic E-state index is 12.2. The average molecular weight is 424 g/mol. The van der Waals surface area contributed by atoms with E-state index in [1.165, 1.54) is 20.8 Å². The van der Waals surface area contributed by atoms with E-state index >= 15 is 0 Å². The topological polar surface area (TPSA) is 141 Å². The van der Waals surface area contributed by atoms with Gasteiger partial charge < -0.3 is 19.2 Å². The minimum atomic E-state index is -0.963. The first-order valence-electron chi connectivity index (χ1n) is 9.38. The molecular weight excluding hydrogens is 396 g/mol. The summed E-state index contributed by atoms with van der Waals surface area (Å²) in [5.41, 5.74) is -0.896. The molecule has 0 unspecified atom stereocenters. The van der Waals surface area contributed by atoms with Crippen LogP contribution in [-0.4, -0.2) is 48.8 Å². The molecule has 0 bridgehead atoms. The fraction of sp³-hybridized carbons (Fsp3) is 0.550. The second-order valence-electron chi connectivity index (χ2n) is 7.62. The van der Waals surface area contributed by atoms with Crippen molar-refractivity contribution in [1.82, 2.24) is 5.32 Å². The van der Waals surface area contributed by atoms with Crippen LogP contribution in [-0.2, 0) is 23.9 Å². The van der Waals surface area contributed by atoms with Crippen molar-refractivity contribution in [3.8, 4) is 0 Å². The predicted octanol–water partition coefficient (Wildman–Crippen LogP) is 2.00. The molecule has 0 aliphatic heterocycles. The zero-order valence-corrected chi connectivity index (χ0v) is 18.3. The number of amides is 2. The molecule has 1 atom stereocenters. The summed E-state index contributed by atoms with van der Waals surface area (Å²) >= 11 is 0. The van der Waals surface area contributed by atoms with Gasteiger partial charge in [-0.2, -0.15) is 0 Å². The minimum absolute atomic E-state index is 0.000686. The molecule has 10 nitrogen and oxygen atoms in total. The molecule has 0 spiro atoms. The lowest BCUT2D eigenvalue weighted by Gasteiger charge is -2.20. The highest BCUT2D eigenvalue weighted by molar-refractivity contribution is 6.10. The Morgan fingerprint density at radius 3 is 2.17 bits per heavy atom. The first-order chi connectivity index (χ1) is 13.8. The number of ketones is 1. The van der Waals surface area contributed by atoms with E-state index in [0.717, 1.165) is 0 Å². The van der Waals surface area contributed by atoms with Crippen LogP contribution >= 0.6 is 0 Å². The SMILES string of the molecule is CCOC(=O)c1c(NC(=O)COC(=O)[C@H](C)NC(=O)C(C)(C)C)oc(C)c1C(C)=O. The van der Waals surface area contributed by atoms with Crippen molar-refractivity contribution in [1.29, 1.82) is 0 Å². The zero-order valence-electron chi connectivity index (χ0n) is 18.3. The molecule has 0 saturated carbocycles. The molecule has 1 aromatic heterocycles. The lowest BCUT2D eigenvalue weighted by Crippen LogP contribution is -2.45. The van der Waals surface area contributed by atoms with Crippen LogP contribution in [0.5, 0.6) is 0 Å². The Kier molecular flexibility index (Phi) is 8.32. The maximum Gasteiger partial charge on any atom is 0.344 e. The lowest BCUT2D eigenvalue weighted by atomic mass is 9.95. The Labute approximate surface area is 174 Å². The molecule has 10 heteroatoms. The molecule has 0 aromatic carbocycles. The van der Waals surface area contributed by atoms with Crippen LogP contribution in [0.15, 0.2) is 4.42 Å². The number of anilines is 1. The smallest absolute Gasteiger partial charge is 0.344 e. The van der Waals surface area contributed by atoms with Gasteiger partial charge in [0.15, 0.2) is 12.4 Å². The second kappa shape index (κ2) is 10.0. The number of furan rings is 1. The number of aryl methyl sites for hydroxylation is 1. The van der Waals surface area contributed by atoms with Crippen molar-refractivity contribution < 1.29 is 37.9 Å². The second-order valence-corrected chi connectivity index (χ2v) is 7.62. The molecule has 0 saturated heterocycles. The molecule has 0 radical (unpaired) electrons. The number of carbonyl (C=O) groups is 5. The third kappa shape index (κ3) is 6.43. The number of esters is 2. The summed E-state index contributed by atoms with van der Waals surface area (Å²) in [7, 11) is 0. The Balaban J connectivity index is 2.83. The van der Waals surface area contributed by atoms with Crippen molar-refractivity contribution in [2.45, 2.75) is 54.5 Å². The van der Waals surface area contributed by atoms with Crippen LogP contribution in [0, 0.1) is 12.3 Å². The predicted molar refractivity (Wildman–Crippen MR) is 106 cm³/mol. The molecule has 1 aromatic rings. The van der Waals surface area contributed by atoms with Gasteiger partial charge in [-0.15, -0.1) is 0 Å². The van der Waals surface area contributed by atoms with Gasteiger partial charge in [-0.05, 0) is 27.7 Å². The van der Waals surface area contributed by atoms with Crippen LogP contribution in [0.2, 0.25) is 0 Å². The Hall–Kier alpha value is -3.17. The number of nitrogens with one attached hydrogen (secondary N) is 2. The summed E-state index contributed by atoms with van der Waals surface area (Å²) in [6.07, 6.45) is 0. The van der Waals surface area contributed by atoms with Gasteiger partial charge >= 0.3 is 11.9 Å². The average Bonchev–Trinajstić information content (AvgIpc) is 2.94. The fourth-order valence-corrected chi connectivity index (χ4v) is 2.35. The molecular formula is C20H28N2O8. The van der Waals surface area contributed by atoms with Gasteiger partial charge in [-0.25, -0.2) is 9.59 Å². The first kappa shape index (κ1) is 24.9. The standard InChI is InChI=1S/C20H28N2O8/c1-8-28-18(26)15-14(11(3)23)12(4)30-16(15)22-13(24)9-29-17(25)10(2)21-19(27)20(5,6)7/h10H,8-9H2,1-7H3,(H,21,27)(H,22,24)/t10-/m0/s1. The highest BCUT2D eigenvalue weighted by Gasteiger charge is 2.29. The third-order valence-corrected chi connectivity index (χ3v) is 3.90. The molecule has 1 heterocycles. The molecule has 2 amide bonds. The zero-order chi connectivity index (χ0) is 23.2. The van der Waals surface area contributed by atoms with Crippen LogP contribution in [0.1, 0.15) is 68.0 Å². The molecule has 1 rings (SSSR count). The molecule has 0 aliphatic carbocycles. The number of Topliss-reactive ketones (excluding diaryl/α,β-unsaturated/α-hetero) is 1. The highest BCUT2D eigenvalue weighted by atomic mass is 16.5. The molecule has 30 heavy (non-hydrogen) atoms. The minimum Gasteiger partial charge on any atom is -0.462 e. The van der Waals surface area contributed by atoms with Crippen molar-refractivity contribution in [2.24, 2.45) is 5.41 Å². The fourth-order valence-electron chi connectivity index (χ4n) is 2.35. The summed E-state index contributed by atoms with van der Waals surface area (Å²) in [6.45, 7) is 10.2. The van der Waals surface area contributed by atoms with Gasteiger partial charge in [0.1, 0.15) is 17.4 Å². The van der Waals surface area contributed by atoms with Crippen LogP contribution in [0.3, 0.4) is 0 Å². The first-order valence-corrected chi connectivity index (χ1v) is 9.38. The van der Waals surface area contributed by atoms with Gasteiger partial charge in [0.25, 0.3) is 5.91 Å². The summed E-state index contributed by atoms with van der Waals surface area (Å²) < 4.78 is 15.2. The van der Waals surface area contributed by atoms with Crippen molar-refractivity contribution >= 4 is 35.4 Å². The highest BCUT2D eigenvalue weighted by Crippen LogP contribution is 2.28. The van der Waals surface area contributed by atoms with E-state index in [4.69, 9.17) is 13.9 Å². The van der Waals surface area contributed by atoms with E-state index < -0.39 is 41.7 Å². The number of carbonyl (C=O) groups excluding carboxylic acids is 5. The van der Waals surface area contributed by atoms with Crippen LogP contribution in [0.4, 0.5) is 5.88 Å². The van der Waals surface area contributed by atoms with Gasteiger partial charge in [-0.1, -0.05) is 20.8 Å². The molecule has 2 N–H and O–H groups in total. The van der Waals surface area contributed by atoms with Gasteiger partial charge in [0.2, 0.25) is 11.8 Å². The van der Waals surface area contributed by atoms with E-state index in [0.29, 0.717) is 0 Å². The van der Waals surface area contributed by atoms with Gasteiger partial charge in [0.05, 0.1) is 12.2 Å². The van der Waals surface area contributed by atoms with Crippen molar-refractivity contribution in [3.05, 3.63) is 16.9 Å². The molecule has 166 valence electrons. The normalized spacial score (nSPS) is 12.0. The van der Waals surface area contributed by atoms with Crippen LogP contribution in [0.25, 0.3) is 0 Å².